The third-order valence-electron chi connectivity index (χ3n) is 5.03. The summed E-state index contributed by atoms with van der Waals surface area (Å²) < 4.78 is 27.1. The number of benzene rings is 1. The first-order chi connectivity index (χ1) is 13.2. The summed E-state index contributed by atoms with van der Waals surface area (Å²) in [5.41, 5.74) is 1.28. The first-order valence-electron chi connectivity index (χ1n) is 9.71. The molecule has 8 nitrogen and oxygen atoms in total. The van der Waals surface area contributed by atoms with Gasteiger partial charge in [-0.1, -0.05) is 13.8 Å². The van der Waals surface area contributed by atoms with Crippen molar-refractivity contribution < 1.29 is 13.2 Å². The number of piperazine rings is 1. The summed E-state index contributed by atoms with van der Waals surface area (Å²) in [7, 11) is 2.21. The smallest absolute Gasteiger partial charge is 0.243 e. The number of amides is 1. The van der Waals surface area contributed by atoms with E-state index in [9.17, 15) is 13.2 Å². The van der Waals surface area contributed by atoms with Crippen LogP contribution in [0.1, 0.15) is 13.8 Å². The molecule has 28 heavy (non-hydrogen) atoms. The SMILES string of the molecule is CCN(CC)S(=O)(=O)c1ccc(N(C)C)c(NC(=O)CN2CCN(C)CC2)c1. The number of carbonyl (C=O) groups is 1. The molecule has 0 saturated carbocycles. The zero-order valence-corrected chi connectivity index (χ0v) is 18.4. The second-order valence-corrected chi connectivity index (χ2v) is 9.23. The fourth-order valence-corrected chi connectivity index (χ4v) is 4.76. The van der Waals surface area contributed by atoms with Gasteiger partial charge in [0.05, 0.1) is 22.8 Å². The van der Waals surface area contributed by atoms with Crippen molar-refractivity contribution in [1.29, 1.82) is 0 Å². The predicted octanol–water partition coefficient (Wildman–Crippen LogP) is 0.969. The molecule has 0 radical (unpaired) electrons. The Balaban J connectivity index is 2.22. The number of anilines is 2. The maximum absolute atomic E-state index is 12.8. The van der Waals surface area contributed by atoms with Crippen LogP contribution in [0, 0.1) is 0 Å². The van der Waals surface area contributed by atoms with E-state index in [0.717, 1.165) is 31.9 Å². The highest BCUT2D eigenvalue weighted by molar-refractivity contribution is 7.89. The summed E-state index contributed by atoms with van der Waals surface area (Å²) in [6.45, 7) is 8.30. The van der Waals surface area contributed by atoms with E-state index in [2.05, 4.69) is 22.2 Å². The number of hydrogen-bond donors (Lipinski definition) is 1. The first kappa shape index (κ1) is 22.6. The Morgan fingerprint density at radius 2 is 1.71 bits per heavy atom. The molecular formula is C19H33N5O3S. The highest BCUT2D eigenvalue weighted by atomic mass is 32.2. The quantitative estimate of drug-likeness (QED) is 0.687. The van der Waals surface area contributed by atoms with E-state index in [-0.39, 0.29) is 10.8 Å². The highest BCUT2D eigenvalue weighted by Gasteiger charge is 2.24. The molecule has 0 unspecified atom stereocenters. The van der Waals surface area contributed by atoms with Gasteiger partial charge in [-0.15, -0.1) is 0 Å². The van der Waals surface area contributed by atoms with Crippen LogP contribution in [0.25, 0.3) is 0 Å². The molecule has 1 amide bonds. The van der Waals surface area contributed by atoms with Gasteiger partial charge in [0, 0.05) is 53.4 Å². The van der Waals surface area contributed by atoms with Gasteiger partial charge in [-0.25, -0.2) is 8.42 Å². The van der Waals surface area contributed by atoms with Gasteiger partial charge in [0.2, 0.25) is 15.9 Å². The van der Waals surface area contributed by atoms with Crippen molar-refractivity contribution in [2.75, 3.05) is 77.2 Å². The molecule has 1 aliphatic rings. The number of nitrogens with zero attached hydrogens (tertiary/aromatic N) is 4. The standard InChI is InChI=1S/C19H33N5O3S/c1-6-24(7-2)28(26,27)16-8-9-18(21(3)4)17(14-16)20-19(25)15-23-12-10-22(5)11-13-23/h8-9,14H,6-7,10-13,15H2,1-5H3,(H,20,25). The zero-order valence-electron chi connectivity index (χ0n) is 17.6. The second-order valence-electron chi connectivity index (χ2n) is 7.29. The van der Waals surface area contributed by atoms with Crippen LogP contribution in [-0.4, -0.2) is 95.4 Å². The lowest BCUT2D eigenvalue weighted by atomic mass is 10.2. The Labute approximate surface area is 169 Å². The van der Waals surface area contributed by atoms with Crippen molar-refractivity contribution in [2.45, 2.75) is 18.7 Å². The molecule has 0 bridgehead atoms. The molecular weight excluding hydrogens is 378 g/mol. The lowest BCUT2D eigenvalue weighted by Gasteiger charge is -2.31. The summed E-state index contributed by atoms with van der Waals surface area (Å²) in [5, 5.41) is 2.92. The van der Waals surface area contributed by atoms with Crippen LogP contribution < -0.4 is 10.2 Å². The molecule has 1 N–H and O–H groups in total. The van der Waals surface area contributed by atoms with Crippen molar-refractivity contribution in [3.8, 4) is 0 Å². The average Bonchev–Trinajstić information content (AvgIpc) is 2.64. The highest BCUT2D eigenvalue weighted by Crippen LogP contribution is 2.29. The number of rotatable bonds is 8. The fraction of sp³-hybridized carbons (Fsp3) is 0.632. The van der Waals surface area contributed by atoms with Gasteiger partial charge in [0.1, 0.15) is 0 Å². The van der Waals surface area contributed by atoms with E-state index in [1.807, 2.05) is 32.8 Å². The van der Waals surface area contributed by atoms with Crippen LogP contribution in [0.5, 0.6) is 0 Å². The van der Waals surface area contributed by atoms with Crippen LogP contribution in [0.2, 0.25) is 0 Å². The summed E-state index contributed by atoms with van der Waals surface area (Å²) in [6, 6.07) is 4.89. The zero-order chi connectivity index (χ0) is 20.9. The molecule has 0 aromatic heterocycles. The van der Waals surface area contributed by atoms with Crippen molar-refractivity contribution in [3.05, 3.63) is 18.2 Å². The Morgan fingerprint density at radius 3 is 2.25 bits per heavy atom. The molecule has 9 heteroatoms. The number of likely N-dealkylation sites (N-methyl/N-ethyl adjacent to an activating group) is 1. The predicted molar refractivity (Wildman–Crippen MR) is 113 cm³/mol. The van der Waals surface area contributed by atoms with E-state index >= 15 is 0 Å². The van der Waals surface area contributed by atoms with E-state index < -0.39 is 10.0 Å². The van der Waals surface area contributed by atoms with Gasteiger partial charge in [-0.2, -0.15) is 4.31 Å². The average molecular weight is 412 g/mol. The largest absolute Gasteiger partial charge is 0.376 e. The van der Waals surface area contributed by atoms with Crippen molar-refractivity contribution in [1.82, 2.24) is 14.1 Å². The van der Waals surface area contributed by atoms with Gasteiger partial charge in [0.25, 0.3) is 0 Å². The number of carbonyl (C=O) groups excluding carboxylic acids is 1. The minimum atomic E-state index is -3.59. The molecule has 0 spiro atoms. The van der Waals surface area contributed by atoms with E-state index in [1.165, 1.54) is 4.31 Å². The topological polar surface area (TPSA) is 76.2 Å². The molecule has 1 aromatic carbocycles. The monoisotopic (exact) mass is 411 g/mol. The van der Waals surface area contributed by atoms with E-state index in [1.54, 1.807) is 18.2 Å². The van der Waals surface area contributed by atoms with Crippen LogP contribution in [0.15, 0.2) is 23.1 Å². The molecule has 0 atom stereocenters. The Morgan fingerprint density at radius 1 is 1.11 bits per heavy atom. The van der Waals surface area contributed by atoms with Crippen molar-refractivity contribution >= 4 is 27.3 Å². The number of nitrogens with one attached hydrogen (secondary N) is 1. The molecule has 1 fully saturated rings. The maximum atomic E-state index is 12.8. The molecule has 1 aromatic rings. The van der Waals surface area contributed by atoms with Gasteiger partial charge < -0.3 is 15.1 Å². The number of hydrogen-bond acceptors (Lipinski definition) is 6. The first-order valence-corrected chi connectivity index (χ1v) is 11.1. The van der Waals surface area contributed by atoms with Crippen LogP contribution in [0.4, 0.5) is 11.4 Å². The summed E-state index contributed by atoms with van der Waals surface area (Å²) >= 11 is 0. The lowest BCUT2D eigenvalue weighted by molar-refractivity contribution is -0.117. The normalized spacial score (nSPS) is 16.4. The molecule has 1 aliphatic heterocycles. The van der Waals surface area contributed by atoms with Gasteiger partial charge in [-0.3, -0.25) is 9.69 Å². The third kappa shape index (κ3) is 5.44. The van der Waals surface area contributed by atoms with Crippen molar-refractivity contribution in [3.63, 3.8) is 0 Å². The van der Waals surface area contributed by atoms with Crippen LogP contribution in [-0.2, 0) is 14.8 Å². The molecule has 1 saturated heterocycles. The number of sulfonamides is 1. The van der Waals surface area contributed by atoms with E-state index in [4.69, 9.17) is 0 Å². The molecule has 0 aliphatic carbocycles. The Kier molecular flexibility index (Phi) is 7.82. The van der Waals surface area contributed by atoms with Crippen molar-refractivity contribution in [2.24, 2.45) is 0 Å². The summed E-state index contributed by atoms with van der Waals surface area (Å²) in [5.74, 6) is -0.134. The molecule has 158 valence electrons. The minimum absolute atomic E-state index is 0.134. The van der Waals surface area contributed by atoms with Gasteiger partial charge >= 0.3 is 0 Å². The molecule has 2 rings (SSSR count). The second kappa shape index (κ2) is 9.69. The fourth-order valence-electron chi connectivity index (χ4n) is 3.28. The van der Waals surface area contributed by atoms with Gasteiger partial charge in [0.15, 0.2) is 0 Å². The molecule has 1 heterocycles. The summed E-state index contributed by atoms with van der Waals surface area (Å²) in [6.07, 6.45) is 0. The van der Waals surface area contributed by atoms with Crippen LogP contribution >= 0.6 is 0 Å². The minimum Gasteiger partial charge on any atom is -0.376 e. The maximum Gasteiger partial charge on any atom is 0.243 e. The summed E-state index contributed by atoms with van der Waals surface area (Å²) in [4.78, 5) is 19.0. The van der Waals surface area contributed by atoms with E-state index in [0.29, 0.717) is 25.3 Å². The third-order valence-corrected chi connectivity index (χ3v) is 7.08. The Bertz CT molecular complexity index is 770. The Hall–Kier alpha value is -1.68. The van der Waals surface area contributed by atoms with Gasteiger partial charge in [-0.05, 0) is 25.2 Å². The lowest BCUT2D eigenvalue weighted by Crippen LogP contribution is -2.47. The van der Waals surface area contributed by atoms with Crippen LogP contribution in [0.3, 0.4) is 0 Å².